The van der Waals surface area contributed by atoms with Crippen LogP contribution in [0.4, 0.5) is 9.59 Å². The minimum atomic E-state index is -0.700. The molecular weight excluding hydrogens is 196 g/mol. The number of hydrogen-bond acceptors (Lipinski definition) is 2. The van der Waals surface area contributed by atoms with E-state index < -0.39 is 18.2 Å². The summed E-state index contributed by atoms with van der Waals surface area (Å²) >= 11 is 5.03. The molecule has 4 amide bonds. The van der Waals surface area contributed by atoms with Gasteiger partial charge in [0.05, 0.1) is 0 Å². The lowest BCUT2D eigenvalue weighted by atomic mass is 10.1. The molecular formula is C6H13ClN4O2. The Morgan fingerprint density at radius 3 is 2.15 bits per heavy atom. The van der Waals surface area contributed by atoms with E-state index in [9.17, 15) is 9.59 Å². The third-order valence-corrected chi connectivity index (χ3v) is 1.51. The molecule has 0 aliphatic rings. The number of nitrogens with one attached hydrogen (secondary N) is 3. The fourth-order valence-corrected chi connectivity index (χ4v) is 0.746. The van der Waals surface area contributed by atoms with Gasteiger partial charge < -0.3 is 16.4 Å². The molecule has 0 aliphatic carbocycles. The number of carbonyl (C=O) groups excluding carboxylic acids is 2. The van der Waals surface area contributed by atoms with Crippen LogP contribution in [0, 0.1) is 5.92 Å². The topological polar surface area (TPSA) is 96.2 Å². The summed E-state index contributed by atoms with van der Waals surface area (Å²) in [7, 11) is 0. The molecule has 0 aromatic rings. The molecule has 1 unspecified atom stereocenters. The van der Waals surface area contributed by atoms with E-state index >= 15 is 0 Å². The largest absolute Gasteiger partial charge is 0.352 e. The molecule has 0 saturated heterocycles. The summed E-state index contributed by atoms with van der Waals surface area (Å²) in [4.78, 5) is 23.1. The van der Waals surface area contributed by atoms with Gasteiger partial charge in [0.15, 0.2) is 0 Å². The second kappa shape index (κ2) is 5.47. The number of nitrogens with two attached hydrogens (primary N) is 1. The molecule has 7 heteroatoms. The van der Waals surface area contributed by atoms with Gasteiger partial charge in [-0.15, -0.1) is 0 Å². The Labute approximate surface area is 81.3 Å². The molecule has 0 aliphatic heterocycles. The third kappa shape index (κ3) is 5.13. The number of primary amides is 1. The van der Waals surface area contributed by atoms with Crippen molar-refractivity contribution in [1.29, 1.82) is 0 Å². The van der Waals surface area contributed by atoms with Crippen LogP contribution in [-0.4, -0.2) is 18.2 Å². The van der Waals surface area contributed by atoms with Gasteiger partial charge in [0, 0.05) is 11.8 Å². The van der Waals surface area contributed by atoms with Crippen LogP contribution in [0.15, 0.2) is 0 Å². The van der Waals surface area contributed by atoms with Crippen LogP contribution in [0.1, 0.15) is 13.8 Å². The minimum absolute atomic E-state index is 0.0152. The summed E-state index contributed by atoms with van der Waals surface area (Å²) in [5.74, 6) is 0.0152. The van der Waals surface area contributed by atoms with Crippen molar-refractivity contribution in [2.75, 3.05) is 0 Å². The van der Waals surface area contributed by atoms with Gasteiger partial charge in [-0.05, 0) is 5.92 Å². The van der Waals surface area contributed by atoms with Gasteiger partial charge in [0.1, 0.15) is 6.17 Å². The van der Waals surface area contributed by atoms with Crippen LogP contribution in [0.25, 0.3) is 0 Å². The number of amides is 4. The smallest absolute Gasteiger partial charge is 0.330 e. The third-order valence-electron chi connectivity index (χ3n) is 1.34. The van der Waals surface area contributed by atoms with E-state index in [0.29, 0.717) is 0 Å². The second-order valence-corrected chi connectivity index (χ2v) is 2.99. The zero-order valence-electron chi connectivity index (χ0n) is 7.43. The fourth-order valence-electron chi connectivity index (χ4n) is 0.691. The first-order chi connectivity index (χ1) is 5.97. The SMILES string of the molecule is CC(C)C(NC(N)=O)NC(=O)NCl. The average molecular weight is 209 g/mol. The Kier molecular flexibility index (Phi) is 4.98. The summed E-state index contributed by atoms with van der Waals surface area (Å²) in [6.07, 6.45) is -0.531. The van der Waals surface area contributed by atoms with E-state index in [4.69, 9.17) is 17.5 Å². The number of hydrogen-bond donors (Lipinski definition) is 4. The van der Waals surface area contributed by atoms with Gasteiger partial charge >= 0.3 is 12.1 Å². The lowest BCUT2D eigenvalue weighted by Crippen LogP contribution is -2.53. The summed E-state index contributed by atoms with van der Waals surface area (Å²) in [5, 5.41) is 4.76. The van der Waals surface area contributed by atoms with Crippen LogP contribution in [0.5, 0.6) is 0 Å². The maximum absolute atomic E-state index is 10.8. The molecule has 0 radical (unpaired) electrons. The molecule has 0 rings (SSSR count). The van der Waals surface area contributed by atoms with Crippen LogP contribution in [0.2, 0.25) is 0 Å². The summed E-state index contributed by atoms with van der Waals surface area (Å²) in [6, 6.07) is -1.29. The first kappa shape index (κ1) is 11.8. The van der Waals surface area contributed by atoms with Crippen LogP contribution < -0.4 is 21.2 Å². The zero-order valence-corrected chi connectivity index (χ0v) is 8.18. The first-order valence-corrected chi connectivity index (χ1v) is 4.08. The van der Waals surface area contributed by atoms with Crippen LogP contribution >= 0.6 is 11.8 Å². The van der Waals surface area contributed by atoms with Gasteiger partial charge in [-0.1, -0.05) is 13.8 Å². The Morgan fingerprint density at radius 1 is 1.31 bits per heavy atom. The van der Waals surface area contributed by atoms with Crippen molar-refractivity contribution < 1.29 is 9.59 Å². The van der Waals surface area contributed by atoms with E-state index in [-0.39, 0.29) is 5.92 Å². The molecule has 0 aromatic carbocycles. The van der Waals surface area contributed by atoms with Crippen LogP contribution in [-0.2, 0) is 0 Å². The van der Waals surface area contributed by atoms with Crippen molar-refractivity contribution >= 4 is 23.8 Å². The number of carbonyl (C=O) groups is 2. The van der Waals surface area contributed by atoms with Gasteiger partial charge in [-0.2, -0.15) is 0 Å². The number of halogens is 1. The first-order valence-electron chi connectivity index (χ1n) is 3.70. The molecule has 0 aromatic heterocycles. The van der Waals surface area contributed by atoms with Gasteiger partial charge in [0.25, 0.3) is 0 Å². The monoisotopic (exact) mass is 208 g/mol. The average Bonchev–Trinajstić information content (AvgIpc) is 2.02. The summed E-state index contributed by atoms with van der Waals surface area (Å²) in [5.41, 5.74) is 4.89. The number of rotatable bonds is 3. The highest BCUT2D eigenvalue weighted by molar-refractivity contribution is 6.21. The van der Waals surface area contributed by atoms with E-state index in [1.165, 1.54) is 0 Å². The molecule has 0 bridgehead atoms. The van der Waals surface area contributed by atoms with Gasteiger partial charge in [0.2, 0.25) is 0 Å². The summed E-state index contributed by atoms with van der Waals surface area (Å²) in [6.45, 7) is 3.63. The van der Waals surface area contributed by atoms with E-state index in [2.05, 4.69) is 10.6 Å². The fraction of sp³-hybridized carbons (Fsp3) is 0.667. The highest BCUT2D eigenvalue weighted by Crippen LogP contribution is 1.97. The predicted molar refractivity (Wildman–Crippen MR) is 48.9 cm³/mol. The van der Waals surface area contributed by atoms with E-state index in [0.717, 1.165) is 0 Å². The molecule has 0 saturated carbocycles. The van der Waals surface area contributed by atoms with E-state index in [1.807, 2.05) is 18.7 Å². The van der Waals surface area contributed by atoms with Crippen molar-refractivity contribution in [3.8, 4) is 0 Å². The van der Waals surface area contributed by atoms with Gasteiger partial charge in [-0.25, -0.2) is 14.4 Å². The maximum atomic E-state index is 10.8. The van der Waals surface area contributed by atoms with Gasteiger partial charge in [-0.3, -0.25) is 0 Å². The van der Waals surface area contributed by atoms with Crippen molar-refractivity contribution in [3.05, 3.63) is 0 Å². The lowest BCUT2D eigenvalue weighted by Gasteiger charge is -2.21. The highest BCUT2D eigenvalue weighted by Gasteiger charge is 2.16. The second-order valence-electron chi connectivity index (χ2n) is 2.80. The molecule has 76 valence electrons. The molecule has 5 N–H and O–H groups in total. The Balaban J connectivity index is 4.09. The standard InChI is InChI=1S/C6H13ClN4O2/c1-3(2)4(9-5(8)12)10-6(13)11-7/h3-4H,1-2H3,(H3,8,9,12)(H2,10,11,13). The Morgan fingerprint density at radius 2 is 1.85 bits per heavy atom. The number of urea groups is 2. The van der Waals surface area contributed by atoms with E-state index in [1.54, 1.807) is 0 Å². The molecule has 0 fully saturated rings. The summed E-state index contributed by atoms with van der Waals surface area (Å²) < 4.78 is 0. The molecule has 6 nitrogen and oxygen atoms in total. The quantitative estimate of drug-likeness (QED) is 0.391. The van der Waals surface area contributed by atoms with Crippen LogP contribution in [0.3, 0.4) is 0 Å². The van der Waals surface area contributed by atoms with Crippen molar-refractivity contribution in [2.24, 2.45) is 11.7 Å². The Bertz CT molecular complexity index is 197. The molecule has 1 atom stereocenters. The zero-order chi connectivity index (χ0) is 10.4. The Hall–Kier alpha value is -1.17. The van der Waals surface area contributed by atoms with Crippen molar-refractivity contribution in [3.63, 3.8) is 0 Å². The minimum Gasteiger partial charge on any atom is -0.352 e. The molecule has 13 heavy (non-hydrogen) atoms. The van der Waals surface area contributed by atoms with Crippen molar-refractivity contribution in [2.45, 2.75) is 20.0 Å². The molecule has 0 heterocycles. The molecule has 0 spiro atoms. The van der Waals surface area contributed by atoms with Crippen molar-refractivity contribution in [1.82, 2.24) is 15.5 Å². The predicted octanol–water partition coefficient (Wildman–Crippen LogP) is 0.0898. The lowest BCUT2D eigenvalue weighted by molar-refractivity contribution is 0.225. The highest BCUT2D eigenvalue weighted by atomic mass is 35.5. The normalized spacial score (nSPS) is 12.0. The maximum Gasteiger partial charge on any atom is 0.330 e.